The van der Waals surface area contributed by atoms with E-state index in [0.717, 1.165) is 30.4 Å². The van der Waals surface area contributed by atoms with Gasteiger partial charge in [-0.3, -0.25) is 4.90 Å². The van der Waals surface area contributed by atoms with Crippen molar-refractivity contribution in [3.05, 3.63) is 41.2 Å². The molecule has 2 heterocycles. The minimum Gasteiger partial charge on any atom is -0.444 e. The molecule has 3 nitrogen and oxygen atoms in total. The third kappa shape index (κ3) is 3.33. The zero-order chi connectivity index (χ0) is 17.5. The van der Waals surface area contributed by atoms with Crippen LogP contribution < -0.4 is 0 Å². The minimum absolute atomic E-state index is 0.00126. The van der Waals surface area contributed by atoms with Gasteiger partial charge >= 0.3 is 6.09 Å². The van der Waals surface area contributed by atoms with E-state index in [2.05, 4.69) is 6.08 Å². The van der Waals surface area contributed by atoms with Crippen molar-refractivity contribution in [1.29, 1.82) is 0 Å². The predicted octanol–water partition coefficient (Wildman–Crippen LogP) is 5.08. The Bertz CT molecular complexity index is 654. The van der Waals surface area contributed by atoms with E-state index in [9.17, 15) is 9.18 Å². The Hall–Kier alpha value is -1.84. The average molecular weight is 331 g/mol. The average Bonchev–Trinajstić information content (AvgIpc) is 2.44. The molecule has 1 fully saturated rings. The number of nitrogens with zero attached hydrogens (tertiary/aromatic N) is 1. The SMILES string of the molecule is Cc1cccc(F)c1C1=CC2CCCC(C1)N2C(=O)OC(C)(C)C. The van der Waals surface area contributed by atoms with E-state index in [4.69, 9.17) is 4.74 Å². The summed E-state index contributed by atoms with van der Waals surface area (Å²) in [6.45, 7) is 7.59. The van der Waals surface area contributed by atoms with Gasteiger partial charge in [-0.05, 0) is 70.6 Å². The summed E-state index contributed by atoms with van der Waals surface area (Å²) < 4.78 is 19.9. The van der Waals surface area contributed by atoms with E-state index in [1.807, 2.05) is 38.7 Å². The topological polar surface area (TPSA) is 29.5 Å². The maximum atomic E-state index is 14.3. The summed E-state index contributed by atoms with van der Waals surface area (Å²) in [7, 11) is 0. The predicted molar refractivity (Wildman–Crippen MR) is 93.2 cm³/mol. The van der Waals surface area contributed by atoms with Crippen molar-refractivity contribution >= 4 is 11.7 Å². The molecule has 2 bridgehead atoms. The third-order valence-corrected chi connectivity index (χ3v) is 4.78. The molecule has 1 aromatic carbocycles. The Kier molecular flexibility index (Phi) is 4.41. The highest BCUT2D eigenvalue weighted by Crippen LogP contribution is 2.39. The van der Waals surface area contributed by atoms with Gasteiger partial charge in [-0.1, -0.05) is 18.2 Å². The lowest BCUT2D eigenvalue weighted by atomic mass is 9.82. The highest BCUT2D eigenvalue weighted by Gasteiger charge is 2.39. The van der Waals surface area contributed by atoms with Gasteiger partial charge in [0.15, 0.2) is 0 Å². The van der Waals surface area contributed by atoms with Crippen molar-refractivity contribution < 1.29 is 13.9 Å². The van der Waals surface area contributed by atoms with Crippen LogP contribution in [0.3, 0.4) is 0 Å². The number of hydrogen-bond acceptors (Lipinski definition) is 2. The number of fused-ring (bicyclic) bond motifs is 2. The number of hydrogen-bond donors (Lipinski definition) is 0. The van der Waals surface area contributed by atoms with Crippen LogP contribution in [-0.4, -0.2) is 28.7 Å². The molecule has 1 aromatic rings. The minimum atomic E-state index is -0.502. The molecule has 1 amide bonds. The second-order valence-corrected chi connectivity index (χ2v) is 7.87. The number of amides is 1. The summed E-state index contributed by atoms with van der Waals surface area (Å²) in [5.41, 5.74) is 2.18. The van der Waals surface area contributed by atoms with Gasteiger partial charge in [0, 0.05) is 11.6 Å². The van der Waals surface area contributed by atoms with E-state index in [1.165, 1.54) is 6.07 Å². The molecule has 130 valence electrons. The summed E-state index contributed by atoms with van der Waals surface area (Å²) in [5.74, 6) is -0.176. The molecule has 3 rings (SSSR count). The lowest BCUT2D eigenvalue weighted by Crippen LogP contribution is -2.53. The molecule has 0 N–H and O–H groups in total. The zero-order valence-corrected chi connectivity index (χ0v) is 14.9. The van der Waals surface area contributed by atoms with Gasteiger partial charge in [0.05, 0.1) is 6.04 Å². The quantitative estimate of drug-likeness (QED) is 0.718. The van der Waals surface area contributed by atoms with E-state index in [0.29, 0.717) is 12.0 Å². The number of carbonyl (C=O) groups is 1. The van der Waals surface area contributed by atoms with Crippen LogP contribution in [0, 0.1) is 12.7 Å². The van der Waals surface area contributed by atoms with Crippen LogP contribution in [-0.2, 0) is 4.74 Å². The Morgan fingerprint density at radius 2 is 2.04 bits per heavy atom. The Morgan fingerprint density at radius 1 is 1.29 bits per heavy atom. The van der Waals surface area contributed by atoms with Crippen LogP contribution in [0.4, 0.5) is 9.18 Å². The van der Waals surface area contributed by atoms with Crippen LogP contribution in [0.15, 0.2) is 24.3 Å². The molecular formula is C20H26FNO2. The van der Waals surface area contributed by atoms with Crippen molar-refractivity contribution in [1.82, 2.24) is 4.90 Å². The van der Waals surface area contributed by atoms with E-state index in [1.54, 1.807) is 6.07 Å². The fourth-order valence-electron chi connectivity index (χ4n) is 3.85. The summed E-state index contributed by atoms with van der Waals surface area (Å²) in [4.78, 5) is 14.5. The Labute approximate surface area is 143 Å². The van der Waals surface area contributed by atoms with Gasteiger partial charge < -0.3 is 4.74 Å². The second kappa shape index (κ2) is 6.23. The molecule has 2 aliphatic rings. The molecule has 4 heteroatoms. The maximum Gasteiger partial charge on any atom is 0.411 e. The molecule has 0 aromatic heterocycles. The number of benzene rings is 1. The molecule has 24 heavy (non-hydrogen) atoms. The van der Waals surface area contributed by atoms with Crippen molar-refractivity contribution in [2.24, 2.45) is 0 Å². The summed E-state index contributed by atoms with van der Waals surface area (Å²) in [6, 6.07) is 5.29. The fraction of sp³-hybridized carbons (Fsp3) is 0.550. The van der Waals surface area contributed by atoms with Crippen molar-refractivity contribution in [3.63, 3.8) is 0 Å². The van der Waals surface area contributed by atoms with Crippen LogP contribution >= 0.6 is 0 Å². The van der Waals surface area contributed by atoms with Crippen LogP contribution in [0.25, 0.3) is 5.57 Å². The number of aryl methyl sites for hydroxylation is 1. The number of ether oxygens (including phenoxy) is 1. The molecule has 2 aliphatic heterocycles. The first-order valence-electron chi connectivity index (χ1n) is 8.74. The molecule has 2 atom stereocenters. The fourth-order valence-corrected chi connectivity index (χ4v) is 3.85. The standard InChI is InChI=1S/C20H26FNO2/c1-13-7-5-10-17(21)18(13)14-11-15-8-6-9-16(12-14)22(15)19(23)24-20(2,3)4/h5,7,10-11,15-16H,6,8-9,12H2,1-4H3. The second-order valence-electron chi connectivity index (χ2n) is 7.87. The first kappa shape index (κ1) is 17.0. The van der Waals surface area contributed by atoms with Gasteiger partial charge in [-0.15, -0.1) is 0 Å². The van der Waals surface area contributed by atoms with Crippen LogP contribution in [0.1, 0.15) is 57.6 Å². The lowest BCUT2D eigenvalue weighted by Gasteiger charge is -2.45. The largest absolute Gasteiger partial charge is 0.444 e. The van der Waals surface area contributed by atoms with Crippen molar-refractivity contribution in [2.75, 3.05) is 0 Å². The molecule has 0 saturated carbocycles. The molecule has 2 unspecified atom stereocenters. The van der Waals surface area contributed by atoms with Crippen molar-refractivity contribution in [2.45, 2.75) is 71.1 Å². The molecule has 1 saturated heterocycles. The molecule has 0 spiro atoms. The van der Waals surface area contributed by atoms with Gasteiger partial charge in [-0.25, -0.2) is 9.18 Å². The number of halogens is 1. The van der Waals surface area contributed by atoms with Crippen LogP contribution in [0.5, 0.6) is 0 Å². The Balaban J connectivity index is 1.92. The monoisotopic (exact) mass is 331 g/mol. The van der Waals surface area contributed by atoms with Gasteiger partial charge in [-0.2, -0.15) is 0 Å². The van der Waals surface area contributed by atoms with Gasteiger partial charge in [0.2, 0.25) is 0 Å². The zero-order valence-electron chi connectivity index (χ0n) is 14.9. The van der Waals surface area contributed by atoms with E-state index in [-0.39, 0.29) is 24.0 Å². The van der Waals surface area contributed by atoms with Gasteiger partial charge in [0.1, 0.15) is 11.4 Å². The summed E-state index contributed by atoms with van der Waals surface area (Å²) >= 11 is 0. The normalized spacial score (nSPS) is 23.7. The van der Waals surface area contributed by atoms with E-state index < -0.39 is 5.60 Å². The van der Waals surface area contributed by atoms with Crippen LogP contribution in [0.2, 0.25) is 0 Å². The summed E-state index contributed by atoms with van der Waals surface area (Å²) in [6.07, 6.45) is 5.46. The highest BCUT2D eigenvalue weighted by atomic mass is 19.1. The first-order valence-corrected chi connectivity index (χ1v) is 8.74. The number of rotatable bonds is 1. The van der Waals surface area contributed by atoms with Crippen molar-refractivity contribution in [3.8, 4) is 0 Å². The molecule has 0 aliphatic carbocycles. The highest BCUT2D eigenvalue weighted by molar-refractivity contribution is 5.76. The van der Waals surface area contributed by atoms with Gasteiger partial charge in [0.25, 0.3) is 0 Å². The number of carbonyl (C=O) groups excluding carboxylic acids is 1. The number of piperidine rings is 1. The lowest BCUT2D eigenvalue weighted by molar-refractivity contribution is 0.0000786. The maximum absolute atomic E-state index is 14.3. The molecule has 0 radical (unpaired) electrons. The summed E-state index contributed by atoms with van der Waals surface area (Å²) in [5, 5.41) is 0. The molecular weight excluding hydrogens is 305 g/mol. The smallest absolute Gasteiger partial charge is 0.411 e. The van der Waals surface area contributed by atoms with E-state index >= 15 is 0 Å². The third-order valence-electron chi connectivity index (χ3n) is 4.78. The Morgan fingerprint density at radius 3 is 2.67 bits per heavy atom. The first-order chi connectivity index (χ1) is 11.3.